The molecule has 5 rings (SSSR count). The Morgan fingerprint density at radius 2 is 2.08 bits per heavy atom. The number of aryl methyl sites for hydroxylation is 2. The first-order valence-corrected chi connectivity index (χ1v) is 12.7. The molecule has 3 atom stereocenters. The summed E-state index contributed by atoms with van der Waals surface area (Å²) < 4.78 is 8.05. The number of nitrogens with zero attached hydrogens (tertiary/aromatic N) is 6. The van der Waals surface area contributed by atoms with Gasteiger partial charge in [0.2, 0.25) is 0 Å². The Morgan fingerprint density at radius 3 is 2.76 bits per heavy atom. The number of likely N-dealkylation sites (tertiary alicyclic amines) is 1. The maximum absolute atomic E-state index is 11.0. The number of aliphatic imine (C=N–C) groups is 1. The van der Waals surface area contributed by atoms with E-state index in [9.17, 15) is 10.4 Å². The van der Waals surface area contributed by atoms with E-state index in [1.807, 2.05) is 31.9 Å². The Bertz CT molecular complexity index is 1460. The second-order valence-electron chi connectivity index (χ2n) is 9.95. The van der Waals surface area contributed by atoms with Gasteiger partial charge in [0.05, 0.1) is 23.8 Å². The number of terminal acetylenes is 1. The van der Waals surface area contributed by atoms with Crippen LogP contribution in [0.1, 0.15) is 61.9 Å². The first kappa shape index (κ1) is 24.8. The van der Waals surface area contributed by atoms with Crippen LogP contribution < -0.4 is 0 Å². The van der Waals surface area contributed by atoms with Crippen molar-refractivity contribution in [2.75, 3.05) is 13.7 Å². The number of aromatic nitrogens is 3. The van der Waals surface area contributed by atoms with Crippen LogP contribution in [0.2, 0.25) is 0 Å². The van der Waals surface area contributed by atoms with Crippen LogP contribution in [0.4, 0.5) is 0 Å². The summed E-state index contributed by atoms with van der Waals surface area (Å²) in [6.45, 7) is 4.73. The predicted molar refractivity (Wildman–Crippen MR) is 144 cm³/mol. The Labute approximate surface area is 217 Å². The van der Waals surface area contributed by atoms with Crippen LogP contribution in [-0.2, 0) is 11.8 Å². The van der Waals surface area contributed by atoms with Gasteiger partial charge in [-0.05, 0) is 63.2 Å². The number of methoxy groups -OCH3 is 1. The number of hydrogen-bond acceptors (Lipinski definition) is 7. The van der Waals surface area contributed by atoms with E-state index >= 15 is 0 Å². The minimum atomic E-state index is -0.264. The van der Waals surface area contributed by atoms with Crippen LogP contribution in [0.5, 0.6) is 0 Å². The Hall–Kier alpha value is -3.88. The van der Waals surface area contributed by atoms with Crippen LogP contribution >= 0.6 is 0 Å². The third-order valence-corrected chi connectivity index (χ3v) is 7.92. The summed E-state index contributed by atoms with van der Waals surface area (Å²) in [5.41, 5.74) is 7.62. The van der Waals surface area contributed by atoms with Crippen molar-refractivity contribution in [1.29, 1.82) is 5.26 Å². The van der Waals surface area contributed by atoms with Crippen molar-refractivity contribution in [2.45, 2.75) is 64.0 Å². The van der Waals surface area contributed by atoms with Crippen molar-refractivity contribution >= 4 is 22.3 Å². The standard InChI is InChI=1S/C29H32N6O2/c1-6-21-14-23(37-5)24(18(3)33-21)27-26(25-17(2)31-16-32-28(25)34(27)4)19-9-11-20(12-10-19)29(36)35-13-7-8-22(35)15-30/h1,9,14,16,22-24,36H,7-8,10-13H2,2-5H3/b29-20-/t22-,23?,24?/m0/s1. The van der Waals surface area contributed by atoms with Gasteiger partial charge in [0.25, 0.3) is 0 Å². The van der Waals surface area contributed by atoms with E-state index in [0.29, 0.717) is 12.1 Å². The molecule has 0 radical (unpaired) electrons. The van der Waals surface area contributed by atoms with Crippen LogP contribution in [0, 0.1) is 30.6 Å². The molecule has 0 amide bonds. The molecule has 0 saturated carbocycles. The molecule has 1 fully saturated rings. The van der Waals surface area contributed by atoms with E-state index in [0.717, 1.165) is 71.5 Å². The van der Waals surface area contributed by atoms with Crippen LogP contribution in [0.25, 0.3) is 16.6 Å². The minimum absolute atomic E-state index is 0.136. The van der Waals surface area contributed by atoms with E-state index in [1.165, 1.54) is 5.57 Å². The lowest BCUT2D eigenvalue weighted by Crippen LogP contribution is -2.30. The molecule has 1 aliphatic carbocycles. The van der Waals surface area contributed by atoms with Crippen LogP contribution in [0.15, 0.2) is 40.6 Å². The van der Waals surface area contributed by atoms with Gasteiger partial charge in [-0.2, -0.15) is 5.26 Å². The molecule has 2 aromatic rings. The third kappa shape index (κ3) is 4.12. The molecule has 1 saturated heterocycles. The van der Waals surface area contributed by atoms with E-state index < -0.39 is 0 Å². The molecule has 0 aromatic carbocycles. The molecule has 2 aromatic heterocycles. The molecular weight excluding hydrogens is 464 g/mol. The number of aliphatic hydroxyl groups excluding tert-OH is 1. The minimum Gasteiger partial charge on any atom is -0.495 e. The van der Waals surface area contributed by atoms with Crippen molar-refractivity contribution in [1.82, 2.24) is 19.4 Å². The second-order valence-corrected chi connectivity index (χ2v) is 9.95. The molecule has 0 bridgehead atoms. The van der Waals surface area contributed by atoms with Crippen molar-refractivity contribution in [2.24, 2.45) is 12.0 Å². The third-order valence-electron chi connectivity index (χ3n) is 7.92. The molecule has 190 valence electrons. The molecule has 4 heterocycles. The van der Waals surface area contributed by atoms with Crippen molar-refractivity contribution in [3.05, 3.63) is 52.6 Å². The van der Waals surface area contributed by atoms with Gasteiger partial charge in [0.1, 0.15) is 23.7 Å². The van der Waals surface area contributed by atoms with Crippen molar-refractivity contribution in [3.63, 3.8) is 0 Å². The van der Waals surface area contributed by atoms with Crippen molar-refractivity contribution in [3.8, 4) is 18.4 Å². The molecule has 2 unspecified atom stereocenters. The van der Waals surface area contributed by atoms with E-state index in [4.69, 9.17) is 16.2 Å². The highest BCUT2D eigenvalue weighted by Gasteiger charge is 2.36. The maximum Gasteiger partial charge on any atom is 0.187 e. The number of hydrogen-bond donors (Lipinski definition) is 1. The van der Waals surface area contributed by atoms with Gasteiger partial charge in [-0.15, -0.1) is 6.42 Å². The van der Waals surface area contributed by atoms with E-state index in [2.05, 4.69) is 32.6 Å². The normalized spacial score (nSPS) is 25.3. The van der Waals surface area contributed by atoms with Crippen molar-refractivity contribution < 1.29 is 9.84 Å². The largest absolute Gasteiger partial charge is 0.495 e. The summed E-state index contributed by atoms with van der Waals surface area (Å²) in [4.78, 5) is 15.7. The van der Waals surface area contributed by atoms with Crippen LogP contribution in [-0.4, -0.2) is 56.1 Å². The molecule has 8 nitrogen and oxygen atoms in total. The fourth-order valence-electron chi connectivity index (χ4n) is 6.06. The molecule has 8 heteroatoms. The van der Waals surface area contributed by atoms with Gasteiger partial charge in [-0.3, -0.25) is 0 Å². The number of fused-ring (bicyclic) bond motifs is 1. The van der Waals surface area contributed by atoms with Gasteiger partial charge in [0, 0.05) is 43.1 Å². The summed E-state index contributed by atoms with van der Waals surface area (Å²) in [5, 5.41) is 21.5. The molecule has 1 N–H and O–H groups in total. The predicted octanol–water partition coefficient (Wildman–Crippen LogP) is 4.69. The SMILES string of the molecule is C#CC1=CC(OC)C(c2c(C3=CC/C(=C(/O)N4CCC[C@H]4C#N)CC3)c3c(C)ncnc3n2C)C(C)=N1. The highest BCUT2D eigenvalue weighted by atomic mass is 16.5. The lowest BCUT2D eigenvalue weighted by molar-refractivity contribution is 0.130. The molecule has 3 aliphatic rings. The monoisotopic (exact) mass is 496 g/mol. The second kappa shape index (κ2) is 9.88. The van der Waals surface area contributed by atoms with Gasteiger partial charge in [-0.1, -0.05) is 12.0 Å². The highest BCUT2D eigenvalue weighted by Crippen LogP contribution is 2.43. The maximum atomic E-state index is 11.0. The van der Waals surface area contributed by atoms with Gasteiger partial charge in [0.15, 0.2) is 5.88 Å². The quantitative estimate of drug-likeness (QED) is 0.487. The first-order valence-electron chi connectivity index (χ1n) is 12.7. The summed E-state index contributed by atoms with van der Waals surface area (Å²) in [5.74, 6) is 2.79. The average molecular weight is 497 g/mol. The summed E-state index contributed by atoms with van der Waals surface area (Å²) in [7, 11) is 3.73. The number of allylic oxidation sites excluding steroid dienone is 4. The lowest BCUT2D eigenvalue weighted by atomic mass is 9.83. The van der Waals surface area contributed by atoms with E-state index in [-0.39, 0.29) is 23.9 Å². The zero-order valence-corrected chi connectivity index (χ0v) is 21.8. The first-order chi connectivity index (χ1) is 17.9. The van der Waals surface area contributed by atoms with Crippen LogP contribution in [0.3, 0.4) is 0 Å². The number of nitriles is 1. The molecular formula is C29H32N6O2. The summed E-state index contributed by atoms with van der Waals surface area (Å²) >= 11 is 0. The Balaban J connectivity index is 1.63. The zero-order valence-electron chi connectivity index (χ0n) is 21.8. The van der Waals surface area contributed by atoms with E-state index in [1.54, 1.807) is 13.4 Å². The number of rotatable bonds is 4. The molecule has 37 heavy (non-hydrogen) atoms. The highest BCUT2D eigenvalue weighted by molar-refractivity contribution is 6.00. The zero-order chi connectivity index (χ0) is 26.3. The summed E-state index contributed by atoms with van der Waals surface area (Å²) in [6, 6.07) is 2.07. The number of aliphatic hydroxyl groups is 1. The molecule has 2 aliphatic heterocycles. The smallest absolute Gasteiger partial charge is 0.187 e. The summed E-state index contributed by atoms with van der Waals surface area (Å²) in [6.07, 6.45) is 15.0. The molecule has 0 spiro atoms. The average Bonchev–Trinajstić information content (AvgIpc) is 3.51. The fraction of sp³-hybridized carbons (Fsp3) is 0.448. The van der Waals surface area contributed by atoms with Gasteiger partial charge in [-0.25, -0.2) is 15.0 Å². The topological polar surface area (TPSA) is 99.6 Å². The Kier molecular flexibility index (Phi) is 6.62. The fourth-order valence-corrected chi connectivity index (χ4v) is 6.06. The van der Waals surface area contributed by atoms with Gasteiger partial charge >= 0.3 is 0 Å². The number of ether oxygens (including phenoxy) is 1. The lowest BCUT2D eigenvalue weighted by Gasteiger charge is -2.30. The van der Waals surface area contributed by atoms with Gasteiger partial charge < -0.3 is 19.3 Å². The Morgan fingerprint density at radius 1 is 1.27 bits per heavy atom.